The second-order valence-corrected chi connectivity index (χ2v) is 5.57. The third-order valence-electron chi connectivity index (χ3n) is 3.96. The van der Waals surface area contributed by atoms with Crippen molar-refractivity contribution >= 4 is 5.97 Å². The number of hydrogen-bond acceptors (Lipinski definition) is 5. The molecule has 1 fully saturated rings. The van der Waals surface area contributed by atoms with E-state index in [0.29, 0.717) is 19.6 Å². The third-order valence-corrected chi connectivity index (χ3v) is 3.96. The van der Waals surface area contributed by atoms with E-state index < -0.39 is 0 Å². The molecule has 0 spiro atoms. The predicted octanol–water partition coefficient (Wildman–Crippen LogP) is 2.73. The number of carbonyl (C=O) groups is 1. The van der Waals surface area contributed by atoms with Crippen LogP contribution in [0.5, 0.6) is 5.75 Å². The van der Waals surface area contributed by atoms with E-state index in [2.05, 4.69) is 0 Å². The van der Waals surface area contributed by atoms with E-state index in [1.165, 1.54) is 0 Å². The lowest BCUT2D eigenvalue weighted by molar-refractivity contribution is -0.166. The summed E-state index contributed by atoms with van der Waals surface area (Å²) >= 11 is 0. The van der Waals surface area contributed by atoms with Crippen molar-refractivity contribution in [1.29, 1.82) is 0 Å². The lowest BCUT2D eigenvalue weighted by atomic mass is 9.95. The van der Waals surface area contributed by atoms with E-state index >= 15 is 0 Å². The van der Waals surface area contributed by atoms with E-state index in [-0.39, 0.29) is 24.1 Å². The molecule has 1 saturated heterocycles. The monoisotopic (exact) mass is 320 g/mol. The van der Waals surface area contributed by atoms with Gasteiger partial charge >= 0.3 is 5.97 Å². The highest BCUT2D eigenvalue weighted by molar-refractivity contribution is 5.73. The Hall–Kier alpha value is -1.85. The highest BCUT2D eigenvalue weighted by Crippen LogP contribution is 2.23. The van der Waals surface area contributed by atoms with E-state index in [1.807, 2.05) is 43.3 Å². The average Bonchev–Trinajstić information content (AvgIpc) is 2.58. The molecule has 5 nitrogen and oxygen atoms in total. The number of cyclic esters (lactones) is 1. The molecule has 3 atom stereocenters. The second kappa shape index (κ2) is 8.70. The third kappa shape index (κ3) is 5.08. The molecular formula is C18H24O5. The van der Waals surface area contributed by atoms with Gasteiger partial charge in [-0.1, -0.05) is 18.2 Å². The summed E-state index contributed by atoms with van der Waals surface area (Å²) in [6, 6.07) is 7.75. The van der Waals surface area contributed by atoms with Gasteiger partial charge in [-0.05, 0) is 30.7 Å². The van der Waals surface area contributed by atoms with E-state index in [0.717, 1.165) is 11.3 Å². The van der Waals surface area contributed by atoms with Crippen LogP contribution < -0.4 is 4.74 Å². The Balaban J connectivity index is 1.72. The molecule has 23 heavy (non-hydrogen) atoms. The summed E-state index contributed by atoms with van der Waals surface area (Å²) in [5.41, 5.74) is 1.08. The summed E-state index contributed by atoms with van der Waals surface area (Å²) in [6.07, 6.45) is 4.09. The van der Waals surface area contributed by atoms with Gasteiger partial charge in [-0.25, -0.2) is 0 Å². The number of hydrogen-bond donors (Lipinski definition) is 0. The molecule has 0 amide bonds. The summed E-state index contributed by atoms with van der Waals surface area (Å²) in [5.74, 6) is 0.405. The number of methoxy groups -OCH3 is 2. The van der Waals surface area contributed by atoms with Crippen molar-refractivity contribution in [3.05, 3.63) is 42.0 Å². The van der Waals surface area contributed by atoms with Crippen LogP contribution in [0.15, 0.2) is 36.4 Å². The topological polar surface area (TPSA) is 54.0 Å². The minimum Gasteiger partial charge on any atom is -0.497 e. The summed E-state index contributed by atoms with van der Waals surface area (Å²) in [6.45, 7) is 2.82. The molecule has 0 saturated carbocycles. The fourth-order valence-corrected chi connectivity index (χ4v) is 2.48. The molecule has 1 heterocycles. The van der Waals surface area contributed by atoms with Crippen LogP contribution in [0, 0.1) is 5.92 Å². The highest BCUT2D eigenvalue weighted by atomic mass is 16.6. The molecule has 1 aliphatic rings. The summed E-state index contributed by atoms with van der Waals surface area (Å²) in [4.78, 5) is 11.7. The molecule has 1 aromatic rings. The Morgan fingerprint density at radius 3 is 2.65 bits per heavy atom. The Labute approximate surface area is 137 Å². The Morgan fingerprint density at radius 2 is 2.00 bits per heavy atom. The van der Waals surface area contributed by atoms with Crippen molar-refractivity contribution in [3.8, 4) is 5.75 Å². The maximum Gasteiger partial charge on any atom is 0.311 e. The van der Waals surface area contributed by atoms with Gasteiger partial charge in [-0.3, -0.25) is 4.79 Å². The Kier molecular flexibility index (Phi) is 6.62. The van der Waals surface area contributed by atoms with Crippen molar-refractivity contribution < 1.29 is 23.7 Å². The van der Waals surface area contributed by atoms with Gasteiger partial charge in [0.15, 0.2) is 0 Å². The average molecular weight is 320 g/mol. The van der Waals surface area contributed by atoms with Crippen LogP contribution in [0.4, 0.5) is 0 Å². The zero-order valence-electron chi connectivity index (χ0n) is 13.9. The van der Waals surface area contributed by atoms with Crippen molar-refractivity contribution in [2.24, 2.45) is 5.92 Å². The van der Waals surface area contributed by atoms with Crippen LogP contribution in [0.1, 0.15) is 18.9 Å². The van der Waals surface area contributed by atoms with Crippen LogP contribution in [0.25, 0.3) is 0 Å². The highest BCUT2D eigenvalue weighted by Gasteiger charge is 2.34. The number of rotatable bonds is 7. The predicted molar refractivity (Wildman–Crippen MR) is 86.2 cm³/mol. The van der Waals surface area contributed by atoms with E-state index in [9.17, 15) is 4.79 Å². The first kappa shape index (κ1) is 17.5. The summed E-state index contributed by atoms with van der Waals surface area (Å²) in [5, 5.41) is 0. The zero-order chi connectivity index (χ0) is 16.7. The van der Waals surface area contributed by atoms with Crippen LogP contribution in [0.2, 0.25) is 0 Å². The number of benzene rings is 1. The first-order valence-electron chi connectivity index (χ1n) is 7.74. The number of ether oxygens (including phenoxy) is 4. The van der Waals surface area contributed by atoms with Crippen LogP contribution in [-0.2, 0) is 25.6 Å². The fraction of sp³-hybridized carbons (Fsp3) is 0.500. The standard InChI is InChI=1S/C18H24O5/c1-13-17(21-3)11-16(23-18(13)19)5-4-10-22-12-14-6-8-15(20-2)9-7-14/h4-9,13,16-17H,10-12H2,1-3H3/b5-4+/t13-,16+,17-/m1/s1. The van der Waals surface area contributed by atoms with Crippen molar-refractivity contribution in [2.45, 2.75) is 32.2 Å². The lowest BCUT2D eigenvalue weighted by Crippen LogP contribution is -2.40. The minimum atomic E-state index is -0.242. The molecule has 1 aliphatic heterocycles. The van der Waals surface area contributed by atoms with E-state index in [1.54, 1.807) is 14.2 Å². The molecule has 0 bridgehead atoms. The molecule has 5 heteroatoms. The van der Waals surface area contributed by atoms with Crippen LogP contribution in [-0.4, -0.2) is 39.0 Å². The van der Waals surface area contributed by atoms with Gasteiger partial charge in [-0.2, -0.15) is 0 Å². The first-order chi connectivity index (χ1) is 11.1. The van der Waals surface area contributed by atoms with Gasteiger partial charge in [-0.15, -0.1) is 0 Å². The molecule has 1 aromatic carbocycles. The molecule has 0 unspecified atom stereocenters. The SMILES string of the molecule is COc1ccc(COC/C=C/[C@H]2C[C@@H](OC)[C@@H](C)C(=O)O2)cc1. The molecule has 0 aromatic heterocycles. The van der Waals surface area contributed by atoms with Gasteiger partial charge in [0.1, 0.15) is 11.9 Å². The quantitative estimate of drug-likeness (QED) is 0.439. The normalized spacial score (nSPS) is 24.7. The van der Waals surface area contributed by atoms with Crippen molar-refractivity contribution in [3.63, 3.8) is 0 Å². The maximum absolute atomic E-state index is 11.7. The number of carbonyl (C=O) groups excluding carboxylic acids is 1. The Morgan fingerprint density at radius 1 is 1.26 bits per heavy atom. The fourth-order valence-electron chi connectivity index (χ4n) is 2.48. The van der Waals surface area contributed by atoms with E-state index in [4.69, 9.17) is 18.9 Å². The van der Waals surface area contributed by atoms with Gasteiger partial charge in [0.2, 0.25) is 0 Å². The molecule has 2 rings (SSSR count). The van der Waals surface area contributed by atoms with Gasteiger partial charge in [0, 0.05) is 13.5 Å². The van der Waals surface area contributed by atoms with Gasteiger partial charge in [0.25, 0.3) is 0 Å². The second-order valence-electron chi connectivity index (χ2n) is 5.57. The summed E-state index contributed by atoms with van der Waals surface area (Å²) in [7, 11) is 3.27. The van der Waals surface area contributed by atoms with Crippen LogP contribution in [0.3, 0.4) is 0 Å². The molecule has 0 N–H and O–H groups in total. The van der Waals surface area contributed by atoms with Gasteiger partial charge in [0.05, 0.1) is 32.3 Å². The van der Waals surface area contributed by atoms with Crippen LogP contribution >= 0.6 is 0 Å². The lowest BCUT2D eigenvalue weighted by Gasteiger charge is -2.31. The first-order valence-corrected chi connectivity index (χ1v) is 7.74. The molecular weight excluding hydrogens is 296 g/mol. The number of esters is 1. The molecule has 0 radical (unpaired) electrons. The summed E-state index contributed by atoms with van der Waals surface area (Å²) < 4.78 is 21.4. The minimum absolute atomic E-state index is 0.0916. The molecule has 0 aliphatic carbocycles. The van der Waals surface area contributed by atoms with Gasteiger partial charge < -0.3 is 18.9 Å². The Bertz CT molecular complexity index is 523. The zero-order valence-corrected chi connectivity index (χ0v) is 13.9. The largest absolute Gasteiger partial charge is 0.497 e. The maximum atomic E-state index is 11.7. The molecule has 126 valence electrons. The smallest absolute Gasteiger partial charge is 0.311 e. The van der Waals surface area contributed by atoms with Crippen molar-refractivity contribution in [2.75, 3.05) is 20.8 Å². The van der Waals surface area contributed by atoms with Crippen molar-refractivity contribution in [1.82, 2.24) is 0 Å².